The van der Waals surface area contributed by atoms with E-state index < -0.39 is 0 Å². The molecule has 3 heteroatoms. The highest BCUT2D eigenvalue weighted by Crippen LogP contribution is 2.25. The number of nitrogens with zero attached hydrogens (tertiary/aromatic N) is 1. The van der Waals surface area contributed by atoms with Gasteiger partial charge in [0, 0.05) is 37.7 Å². The molecule has 0 saturated heterocycles. The molecule has 0 aromatic carbocycles. The van der Waals surface area contributed by atoms with Gasteiger partial charge in [0.15, 0.2) is 0 Å². The van der Waals surface area contributed by atoms with Gasteiger partial charge in [-0.15, -0.1) is 0 Å². The van der Waals surface area contributed by atoms with Gasteiger partial charge in [-0.05, 0) is 19.4 Å². The smallest absolute Gasteiger partial charge is 0.0494 e. The summed E-state index contributed by atoms with van der Waals surface area (Å²) in [6.07, 6.45) is 2.77. The molecule has 0 atom stereocenters. The van der Waals surface area contributed by atoms with Gasteiger partial charge in [-0.3, -0.25) is 4.90 Å². The van der Waals surface area contributed by atoms with E-state index in [4.69, 9.17) is 5.11 Å². The van der Waals surface area contributed by atoms with Crippen LogP contribution in [0.1, 0.15) is 33.6 Å². The lowest BCUT2D eigenvalue weighted by molar-refractivity contribution is 0.155. The molecule has 1 rings (SSSR count). The van der Waals surface area contributed by atoms with Gasteiger partial charge >= 0.3 is 0 Å². The summed E-state index contributed by atoms with van der Waals surface area (Å²) in [4.78, 5) is 2.54. The SMILES string of the molecule is CCN(CCNCC(C)(C)CO)C1CC1. The van der Waals surface area contributed by atoms with Crippen molar-refractivity contribution in [2.45, 2.75) is 39.7 Å². The molecule has 0 spiro atoms. The van der Waals surface area contributed by atoms with Crippen LogP contribution in [0.25, 0.3) is 0 Å². The Balaban J connectivity index is 2.05. The number of aliphatic hydroxyl groups excluding tert-OH is 1. The molecule has 1 aliphatic carbocycles. The van der Waals surface area contributed by atoms with E-state index in [1.54, 1.807) is 0 Å². The third-order valence-corrected chi connectivity index (χ3v) is 3.08. The second-order valence-corrected chi connectivity index (χ2v) is 5.36. The zero-order chi connectivity index (χ0) is 11.3. The van der Waals surface area contributed by atoms with Crippen molar-refractivity contribution in [1.29, 1.82) is 0 Å². The topological polar surface area (TPSA) is 35.5 Å². The number of hydrogen-bond donors (Lipinski definition) is 2. The highest BCUT2D eigenvalue weighted by molar-refractivity contribution is 4.84. The van der Waals surface area contributed by atoms with Crippen LogP contribution in [0.2, 0.25) is 0 Å². The molecule has 0 bridgehead atoms. The third-order valence-electron chi connectivity index (χ3n) is 3.08. The molecule has 3 nitrogen and oxygen atoms in total. The maximum atomic E-state index is 9.10. The van der Waals surface area contributed by atoms with E-state index >= 15 is 0 Å². The van der Waals surface area contributed by atoms with E-state index in [9.17, 15) is 0 Å². The average molecular weight is 214 g/mol. The van der Waals surface area contributed by atoms with Crippen LogP contribution < -0.4 is 5.32 Å². The molecule has 0 aromatic rings. The fourth-order valence-corrected chi connectivity index (χ4v) is 1.74. The van der Waals surface area contributed by atoms with Crippen molar-refractivity contribution in [3.8, 4) is 0 Å². The minimum atomic E-state index is 0.0105. The predicted molar refractivity (Wildman–Crippen MR) is 64.0 cm³/mol. The van der Waals surface area contributed by atoms with Crippen LogP contribution >= 0.6 is 0 Å². The second-order valence-electron chi connectivity index (χ2n) is 5.36. The van der Waals surface area contributed by atoms with Crippen LogP contribution in [0.15, 0.2) is 0 Å². The van der Waals surface area contributed by atoms with Crippen molar-refractivity contribution in [2.75, 3.05) is 32.8 Å². The number of rotatable bonds is 8. The van der Waals surface area contributed by atoms with Crippen molar-refractivity contribution in [1.82, 2.24) is 10.2 Å². The number of aliphatic hydroxyl groups is 1. The van der Waals surface area contributed by atoms with Crippen molar-refractivity contribution in [2.24, 2.45) is 5.41 Å². The molecule has 1 fully saturated rings. The molecule has 0 aromatic heterocycles. The summed E-state index contributed by atoms with van der Waals surface area (Å²) in [5, 5.41) is 12.5. The number of hydrogen-bond acceptors (Lipinski definition) is 3. The van der Waals surface area contributed by atoms with Crippen LogP contribution in [0.5, 0.6) is 0 Å². The van der Waals surface area contributed by atoms with Crippen molar-refractivity contribution >= 4 is 0 Å². The third kappa shape index (κ3) is 4.96. The van der Waals surface area contributed by atoms with E-state index in [2.05, 4.69) is 31.0 Å². The van der Waals surface area contributed by atoms with E-state index in [1.165, 1.54) is 12.8 Å². The normalized spacial score (nSPS) is 17.4. The first kappa shape index (κ1) is 12.9. The summed E-state index contributed by atoms with van der Waals surface area (Å²) in [5.41, 5.74) is 0.0105. The molecule has 1 saturated carbocycles. The summed E-state index contributed by atoms with van der Waals surface area (Å²) in [7, 11) is 0. The molecule has 15 heavy (non-hydrogen) atoms. The summed E-state index contributed by atoms with van der Waals surface area (Å²) >= 11 is 0. The van der Waals surface area contributed by atoms with Gasteiger partial charge in [0.2, 0.25) is 0 Å². The largest absolute Gasteiger partial charge is 0.396 e. The number of likely N-dealkylation sites (N-methyl/N-ethyl adjacent to an activating group) is 1. The summed E-state index contributed by atoms with van der Waals surface area (Å²) in [6, 6.07) is 0.864. The Morgan fingerprint density at radius 1 is 1.40 bits per heavy atom. The molecular weight excluding hydrogens is 188 g/mol. The van der Waals surface area contributed by atoms with Crippen molar-refractivity contribution < 1.29 is 5.11 Å². The van der Waals surface area contributed by atoms with Crippen LogP contribution in [-0.2, 0) is 0 Å². The van der Waals surface area contributed by atoms with Gasteiger partial charge in [-0.1, -0.05) is 20.8 Å². The Kier molecular flexibility index (Phi) is 5.03. The minimum absolute atomic E-state index is 0.0105. The Bertz CT molecular complexity index is 178. The van der Waals surface area contributed by atoms with Gasteiger partial charge in [-0.2, -0.15) is 0 Å². The molecule has 1 aliphatic rings. The van der Waals surface area contributed by atoms with Crippen LogP contribution in [-0.4, -0.2) is 48.8 Å². The quantitative estimate of drug-likeness (QED) is 0.594. The lowest BCUT2D eigenvalue weighted by Crippen LogP contribution is -2.38. The first-order chi connectivity index (χ1) is 7.09. The lowest BCUT2D eigenvalue weighted by atomic mass is 9.95. The van der Waals surface area contributed by atoms with E-state index in [-0.39, 0.29) is 12.0 Å². The van der Waals surface area contributed by atoms with Gasteiger partial charge in [0.25, 0.3) is 0 Å². The average Bonchev–Trinajstić information content (AvgIpc) is 3.02. The van der Waals surface area contributed by atoms with Crippen LogP contribution in [0.3, 0.4) is 0 Å². The highest BCUT2D eigenvalue weighted by atomic mass is 16.3. The van der Waals surface area contributed by atoms with Crippen LogP contribution in [0.4, 0.5) is 0 Å². The van der Waals surface area contributed by atoms with Crippen molar-refractivity contribution in [3.05, 3.63) is 0 Å². The lowest BCUT2D eigenvalue weighted by Gasteiger charge is -2.24. The zero-order valence-electron chi connectivity index (χ0n) is 10.4. The van der Waals surface area contributed by atoms with Gasteiger partial charge in [-0.25, -0.2) is 0 Å². The van der Waals surface area contributed by atoms with E-state index in [0.717, 1.165) is 32.2 Å². The molecule has 0 aliphatic heterocycles. The van der Waals surface area contributed by atoms with Crippen molar-refractivity contribution in [3.63, 3.8) is 0 Å². The maximum absolute atomic E-state index is 9.10. The Morgan fingerprint density at radius 3 is 2.53 bits per heavy atom. The second kappa shape index (κ2) is 5.83. The Labute approximate surface area is 93.9 Å². The standard InChI is InChI=1S/C12H26N2O/c1-4-14(11-5-6-11)8-7-13-9-12(2,3)10-15/h11,13,15H,4-10H2,1-3H3. The molecule has 0 heterocycles. The molecule has 0 amide bonds. The predicted octanol–water partition coefficient (Wildman–Crippen LogP) is 1.08. The van der Waals surface area contributed by atoms with E-state index in [0.29, 0.717) is 0 Å². The first-order valence-electron chi connectivity index (χ1n) is 6.14. The summed E-state index contributed by atoms with van der Waals surface area (Å²) in [5.74, 6) is 0. The highest BCUT2D eigenvalue weighted by Gasteiger charge is 2.27. The van der Waals surface area contributed by atoms with Crippen LogP contribution in [0, 0.1) is 5.41 Å². The summed E-state index contributed by atoms with van der Waals surface area (Å²) in [6.45, 7) is 10.9. The molecular formula is C12H26N2O. The monoisotopic (exact) mass is 214 g/mol. The molecule has 2 N–H and O–H groups in total. The van der Waals surface area contributed by atoms with Gasteiger partial charge in [0.1, 0.15) is 0 Å². The van der Waals surface area contributed by atoms with Gasteiger partial charge in [0.05, 0.1) is 0 Å². The minimum Gasteiger partial charge on any atom is -0.396 e. The molecule has 0 radical (unpaired) electrons. The number of nitrogens with one attached hydrogen (secondary N) is 1. The van der Waals surface area contributed by atoms with Gasteiger partial charge < -0.3 is 10.4 Å². The fourth-order valence-electron chi connectivity index (χ4n) is 1.74. The van der Waals surface area contributed by atoms with E-state index in [1.807, 2.05) is 0 Å². The molecule has 90 valence electrons. The Morgan fingerprint density at radius 2 is 2.07 bits per heavy atom. The maximum Gasteiger partial charge on any atom is 0.0494 e. The first-order valence-corrected chi connectivity index (χ1v) is 6.14. The summed E-state index contributed by atoms with van der Waals surface area (Å²) < 4.78 is 0. The zero-order valence-corrected chi connectivity index (χ0v) is 10.4. The molecule has 0 unspecified atom stereocenters. The Hall–Kier alpha value is -0.120. The fraction of sp³-hybridized carbons (Fsp3) is 1.00.